The van der Waals surface area contributed by atoms with E-state index >= 15 is 0 Å². The molecule has 0 N–H and O–H groups in total. The molecule has 2 aliphatic rings. The lowest BCUT2D eigenvalue weighted by molar-refractivity contribution is -0.117. The van der Waals surface area contributed by atoms with Crippen molar-refractivity contribution in [3.63, 3.8) is 0 Å². The standard InChI is InChI=1S/C13H16ClN3O2/c14-10-7-13(18)17(9-10)11-1-2-12(15-8-11)16-3-5-19-6-4-16/h1-2,8,10H,3-7,9H2. The molecule has 0 saturated carbocycles. The highest BCUT2D eigenvalue weighted by Crippen LogP contribution is 2.25. The molecule has 1 atom stereocenters. The summed E-state index contributed by atoms with van der Waals surface area (Å²) in [6.07, 6.45) is 2.16. The van der Waals surface area contributed by atoms with Crippen molar-refractivity contribution in [2.75, 3.05) is 42.6 Å². The third kappa shape index (κ3) is 2.67. The number of pyridine rings is 1. The van der Waals surface area contributed by atoms with Gasteiger partial charge in [-0.3, -0.25) is 4.79 Å². The smallest absolute Gasteiger partial charge is 0.228 e. The number of morpholine rings is 1. The molecule has 1 unspecified atom stereocenters. The summed E-state index contributed by atoms with van der Waals surface area (Å²) < 4.78 is 5.32. The number of nitrogens with zero attached hydrogens (tertiary/aromatic N) is 3. The molecule has 2 saturated heterocycles. The zero-order valence-corrected chi connectivity index (χ0v) is 11.3. The Hall–Kier alpha value is -1.33. The van der Waals surface area contributed by atoms with Crippen molar-refractivity contribution >= 4 is 29.0 Å². The van der Waals surface area contributed by atoms with E-state index in [0.29, 0.717) is 13.0 Å². The Morgan fingerprint density at radius 1 is 1.32 bits per heavy atom. The van der Waals surface area contributed by atoms with E-state index in [1.165, 1.54) is 0 Å². The van der Waals surface area contributed by atoms with Crippen LogP contribution in [0.3, 0.4) is 0 Å². The molecular formula is C13H16ClN3O2. The van der Waals surface area contributed by atoms with Gasteiger partial charge >= 0.3 is 0 Å². The van der Waals surface area contributed by atoms with Crippen LogP contribution >= 0.6 is 11.6 Å². The molecule has 6 heteroatoms. The molecule has 102 valence electrons. The summed E-state index contributed by atoms with van der Waals surface area (Å²) in [5, 5.41) is -0.0913. The molecule has 1 amide bonds. The summed E-state index contributed by atoms with van der Waals surface area (Å²) in [6, 6.07) is 3.89. The lowest BCUT2D eigenvalue weighted by atomic mass is 10.3. The lowest BCUT2D eigenvalue weighted by Crippen LogP contribution is -2.36. The average Bonchev–Trinajstić information content (AvgIpc) is 2.79. The second kappa shape index (κ2) is 5.35. The number of halogens is 1. The molecule has 1 aromatic rings. The van der Waals surface area contributed by atoms with Gasteiger partial charge in [-0.15, -0.1) is 11.6 Å². The number of ether oxygens (including phenoxy) is 1. The van der Waals surface area contributed by atoms with Crippen molar-refractivity contribution < 1.29 is 9.53 Å². The first kappa shape index (κ1) is 12.7. The number of carbonyl (C=O) groups excluding carboxylic acids is 1. The second-order valence-corrected chi connectivity index (χ2v) is 5.40. The van der Waals surface area contributed by atoms with Gasteiger partial charge in [0.1, 0.15) is 5.82 Å². The number of hydrogen-bond acceptors (Lipinski definition) is 4. The third-order valence-corrected chi connectivity index (χ3v) is 3.75. The molecule has 1 aromatic heterocycles. The van der Waals surface area contributed by atoms with Gasteiger partial charge in [0.05, 0.1) is 30.5 Å². The number of alkyl halides is 1. The summed E-state index contributed by atoms with van der Waals surface area (Å²) in [7, 11) is 0. The first-order chi connectivity index (χ1) is 9.24. The molecule has 0 aliphatic carbocycles. The van der Waals surface area contributed by atoms with E-state index in [1.54, 1.807) is 11.1 Å². The quantitative estimate of drug-likeness (QED) is 0.766. The Bertz CT molecular complexity index is 459. The van der Waals surface area contributed by atoms with Gasteiger partial charge in [0, 0.05) is 26.1 Å². The molecule has 3 heterocycles. The van der Waals surface area contributed by atoms with Crippen molar-refractivity contribution in [1.29, 1.82) is 0 Å². The maximum atomic E-state index is 11.8. The average molecular weight is 282 g/mol. The summed E-state index contributed by atoms with van der Waals surface area (Å²) in [6.45, 7) is 3.76. The minimum atomic E-state index is -0.0913. The van der Waals surface area contributed by atoms with E-state index in [1.807, 2.05) is 12.1 Å². The maximum absolute atomic E-state index is 11.8. The van der Waals surface area contributed by atoms with Crippen LogP contribution in [0.1, 0.15) is 6.42 Å². The van der Waals surface area contributed by atoms with Crippen LogP contribution in [0.5, 0.6) is 0 Å². The molecule has 2 aliphatic heterocycles. The fourth-order valence-corrected chi connectivity index (χ4v) is 2.70. The van der Waals surface area contributed by atoms with E-state index in [0.717, 1.165) is 37.8 Å². The van der Waals surface area contributed by atoms with E-state index in [-0.39, 0.29) is 11.3 Å². The Kier molecular flexibility index (Phi) is 3.57. The van der Waals surface area contributed by atoms with Crippen molar-refractivity contribution in [3.8, 4) is 0 Å². The van der Waals surface area contributed by atoms with Crippen LogP contribution in [0.25, 0.3) is 0 Å². The molecular weight excluding hydrogens is 266 g/mol. The SMILES string of the molecule is O=C1CC(Cl)CN1c1ccc(N2CCOCC2)nc1. The highest BCUT2D eigenvalue weighted by Gasteiger charge is 2.29. The van der Waals surface area contributed by atoms with Gasteiger partial charge < -0.3 is 14.5 Å². The topological polar surface area (TPSA) is 45.7 Å². The molecule has 0 radical (unpaired) electrons. The van der Waals surface area contributed by atoms with E-state index in [4.69, 9.17) is 16.3 Å². The minimum absolute atomic E-state index is 0.0703. The molecule has 3 rings (SSSR count). The fourth-order valence-electron chi connectivity index (χ4n) is 2.43. The van der Waals surface area contributed by atoms with Crippen LogP contribution in [-0.2, 0) is 9.53 Å². The number of aromatic nitrogens is 1. The predicted molar refractivity (Wildman–Crippen MR) is 73.9 cm³/mol. The zero-order chi connectivity index (χ0) is 13.2. The molecule has 5 nitrogen and oxygen atoms in total. The van der Waals surface area contributed by atoms with Crippen LogP contribution in [0.4, 0.5) is 11.5 Å². The number of hydrogen-bond donors (Lipinski definition) is 0. The van der Waals surface area contributed by atoms with Crippen LogP contribution in [-0.4, -0.2) is 49.1 Å². The van der Waals surface area contributed by atoms with Crippen molar-refractivity contribution in [3.05, 3.63) is 18.3 Å². The fraction of sp³-hybridized carbons (Fsp3) is 0.538. The number of rotatable bonds is 2. The van der Waals surface area contributed by atoms with Gasteiger partial charge in [0.25, 0.3) is 0 Å². The van der Waals surface area contributed by atoms with E-state index in [9.17, 15) is 4.79 Å². The van der Waals surface area contributed by atoms with Gasteiger partial charge in [-0.1, -0.05) is 0 Å². The first-order valence-corrected chi connectivity index (χ1v) is 6.91. The van der Waals surface area contributed by atoms with Gasteiger partial charge in [-0.05, 0) is 12.1 Å². The van der Waals surface area contributed by atoms with E-state index in [2.05, 4.69) is 9.88 Å². The van der Waals surface area contributed by atoms with Crippen LogP contribution in [0.2, 0.25) is 0 Å². The zero-order valence-electron chi connectivity index (χ0n) is 10.6. The molecule has 0 spiro atoms. The van der Waals surface area contributed by atoms with Gasteiger partial charge in [0.2, 0.25) is 5.91 Å². The summed E-state index contributed by atoms with van der Waals surface area (Å²) in [4.78, 5) is 20.1. The first-order valence-electron chi connectivity index (χ1n) is 6.47. The highest BCUT2D eigenvalue weighted by atomic mass is 35.5. The summed E-state index contributed by atoms with van der Waals surface area (Å²) in [5.74, 6) is 1.00. The molecule has 0 aromatic carbocycles. The van der Waals surface area contributed by atoms with Gasteiger partial charge in [-0.25, -0.2) is 4.98 Å². The van der Waals surface area contributed by atoms with Gasteiger partial charge in [0.15, 0.2) is 0 Å². The summed E-state index contributed by atoms with van der Waals surface area (Å²) >= 11 is 6.00. The monoisotopic (exact) mass is 281 g/mol. The Labute approximate surface area is 117 Å². The number of anilines is 2. The van der Waals surface area contributed by atoms with Crippen LogP contribution in [0.15, 0.2) is 18.3 Å². The Morgan fingerprint density at radius 3 is 2.68 bits per heavy atom. The molecule has 2 fully saturated rings. The highest BCUT2D eigenvalue weighted by molar-refractivity contribution is 6.24. The largest absolute Gasteiger partial charge is 0.378 e. The third-order valence-electron chi connectivity index (χ3n) is 3.46. The van der Waals surface area contributed by atoms with Crippen molar-refractivity contribution in [2.45, 2.75) is 11.8 Å². The second-order valence-electron chi connectivity index (χ2n) is 4.78. The maximum Gasteiger partial charge on any atom is 0.228 e. The van der Waals surface area contributed by atoms with Crippen molar-refractivity contribution in [1.82, 2.24) is 4.98 Å². The normalized spacial score (nSPS) is 24.1. The molecule has 19 heavy (non-hydrogen) atoms. The van der Waals surface area contributed by atoms with Crippen molar-refractivity contribution in [2.24, 2.45) is 0 Å². The van der Waals surface area contributed by atoms with E-state index < -0.39 is 0 Å². The Balaban J connectivity index is 1.73. The number of amides is 1. The minimum Gasteiger partial charge on any atom is -0.378 e. The Morgan fingerprint density at radius 2 is 2.11 bits per heavy atom. The predicted octanol–water partition coefficient (Wildman–Crippen LogP) is 1.26. The lowest BCUT2D eigenvalue weighted by Gasteiger charge is -2.28. The van der Waals surface area contributed by atoms with Gasteiger partial charge in [-0.2, -0.15) is 0 Å². The van der Waals surface area contributed by atoms with Crippen LogP contribution < -0.4 is 9.80 Å². The van der Waals surface area contributed by atoms with Crippen LogP contribution in [0, 0.1) is 0 Å². The number of carbonyl (C=O) groups is 1. The summed E-state index contributed by atoms with van der Waals surface area (Å²) in [5.41, 5.74) is 0.824. The molecule has 0 bridgehead atoms.